The summed E-state index contributed by atoms with van der Waals surface area (Å²) < 4.78 is 12.3. The average molecular weight is 302 g/mol. The van der Waals surface area contributed by atoms with Crippen LogP contribution in [0.4, 0.5) is 0 Å². The summed E-state index contributed by atoms with van der Waals surface area (Å²) in [6.07, 6.45) is 6.09. The molecule has 0 amide bonds. The van der Waals surface area contributed by atoms with Crippen molar-refractivity contribution in [1.82, 2.24) is 0 Å². The Morgan fingerprint density at radius 3 is 2.24 bits per heavy atom. The van der Waals surface area contributed by atoms with Crippen LogP contribution >= 0.6 is 12.6 Å². The van der Waals surface area contributed by atoms with Crippen LogP contribution in [0.5, 0.6) is 0 Å². The third kappa shape index (κ3) is 3.01. The van der Waals surface area contributed by atoms with Crippen LogP contribution in [0.25, 0.3) is 0 Å². The molecule has 1 heterocycles. The van der Waals surface area contributed by atoms with Crippen molar-refractivity contribution in [3.05, 3.63) is 28.8 Å². The van der Waals surface area contributed by atoms with E-state index in [-0.39, 0.29) is 18.3 Å². The number of terminal acetylenes is 1. The first-order valence-corrected chi connectivity index (χ1v) is 7.87. The number of hydrogen-bond donors (Lipinski definition) is 1. The second-order valence-corrected chi connectivity index (χ2v) is 6.91. The van der Waals surface area contributed by atoms with Gasteiger partial charge in [-0.2, -0.15) is 12.6 Å². The molecule has 0 unspecified atom stereocenters. The Bertz CT molecular complexity index is 571. The summed E-state index contributed by atoms with van der Waals surface area (Å²) in [6.45, 7) is 10.3. The van der Waals surface area contributed by atoms with Gasteiger partial charge in [-0.05, 0) is 56.8 Å². The first kappa shape index (κ1) is 16.5. The van der Waals surface area contributed by atoms with Crippen molar-refractivity contribution in [3.8, 4) is 12.3 Å². The number of thiol groups is 1. The summed E-state index contributed by atoms with van der Waals surface area (Å²) in [4.78, 5) is 0. The Kier molecular flexibility index (Phi) is 4.49. The molecule has 1 fully saturated rings. The maximum absolute atomic E-state index is 6.16. The molecule has 0 bridgehead atoms. The summed E-state index contributed by atoms with van der Waals surface area (Å²) in [5.41, 5.74) is 3.82. The van der Waals surface area contributed by atoms with Crippen LogP contribution in [0.1, 0.15) is 44.4 Å². The van der Waals surface area contributed by atoms with E-state index in [2.05, 4.69) is 65.3 Å². The first-order valence-electron chi connectivity index (χ1n) is 7.24. The summed E-state index contributed by atoms with van der Waals surface area (Å²) in [5, 5.41) is 0. The Morgan fingerprint density at radius 2 is 1.76 bits per heavy atom. The summed E-state index contributed by atoms with van der Waals surface area (Å²) >= 11 is 4.38. The first-order chi connectivity index (χ1) is 9.71. The normalized spacial score (nSPS) is 19.6. The molecule has 1 aromatic carbocycles. The van der Waals surface area contributed by atoms with Crippen LogP contribution in [0.3, 0.4) is 0 Å². The molecule has 0 N–H and O–H groups in total. The van der Waals surface area contributed by atoms with Crippen LogP contribution in [0, 0.1) is 19.3 Å². The highest BCUT2D eigenvalue weighted by Gasteiger charge is 2.52. The fourth-order valence-corrected chi connectivity index (χ4v) is 2.65. The van der Waals surface area contributed by atoms with Crippen molar-refractivity contribution in [1.29, 1.82) is 0 Å². The molecular weight excluding hydrogens is 279 g/mol. The molecule has 0 aliphatic carbocycles. The third-order valence-corrected chi connectivity index (χ3v) is 4.96. The number of rotatable bonds is 3. The van der Waals surface area contributed by atoms with Gasteiger partial charge in [0.2, 0.25) is 0 Å². The quantitative estimate of drug-likeness (QED) is 0.526. The van der Waals surface area contributed by atoms with Gasteiger partial charge in [-0.15, -0.1) is 12.3 Å². The molecule has 1 aromatic rings. The van der Waals surface area contributed by atoms with Crippen LogP contribution in [0.2, 0.25) is 0 Å². The topological polar surface area (TPSA) is 18.5 Å². The van der Waals surface area contributed by atoms with Gasteiger partial charge in [0.25, 0.3) is 0 Å². The van der Waals surface area contributed by atoms with Crippen LogP contribution < -0.4 is 5.46 Å². The Morgan fingerprint density at radius 1 is 1.19 bits per heavy atom. The average Bonchev–Trinajstić information content (AvgIpc) is 2.61. The summed E-state index contributed by atoms with van der Waals surface area (Å²) in [6, 6.07) is 4.24. The minimum atomic E-state index is -0.355. The van der Waals surface area contributed by atoms with Crippen molar-refractivity contribution in [2.75, 3.05) is 0 Å². The second kappa shape index (κ2) is 5.72. The minimum absolute atomic E-state index is 0.340. The van der Waals surface area contributed by atoms with E-state index < -0.39 is 0 Å². The molecule has 1 saturated heterocycles. The maximum atomic E-state index is 6.16. The zero-order valence-electron chi connectivity index (χ0n) is 13.5. The highest BCUT2D eigenvalue weighted by atomic mass is 32.1. The molecule has 0 atom stereocenters. The predicted molar refractivity (Wildman–Crippen MR) is 92.1 cm³/mol. The van der Waals surface area contributed by atoms with Gasteiger partial charge in [-0.3, -0.25) is 0 Å². The zero-order chi connectivity index (χ0) is 15.8. The van der Waals surface area contributed by atoms with Crippen molar-refractivity contribution in [2.24, 2.45) is 0 Å². The standard InChI is InChI=1S/C17H23BO2S/c1-7-8-14-9-13(11-21)10-15(12(14)2)18-19-16(3,4)17(5,6)20-18/h1,9-10,21H,8,11H2,2-6H3. The van der Waals surface area contributed by atoms with E-state index in [4.69, 9.17) is 15.7 Å². The van der Waals surface area contributed by atoms with Gasteiger partial charge in [0.1, 0.15) is 0 Å². The minimum Gasteiger partial charge on any atom is -0.399 e. The van der Waals surface area contributed by atoms with E-state index in [0.717, 1.165) is 22.2 Å². The van der Waals surface area contributed by atoms with Gasteiger partial charge in [0.05, 0.1) is 11.2 Å². The highest BCUT2D eigenvalue weighted by molar-refractivity contribution is 7.79. The molecule has 2 nitrogen and oxygen atoms in total. The fourth-order valence-electron chi connectivity index (χ4n) is 2.47. The molecule has 0 spiro atoms. The van der Waals surface area contributed by atoms with E-state index in [0.29, 0.717) is 12.2 Å². The lowest BCUT2D eigenvalue weighted by Crippen LogP contribution is -2.41. The van der Waals surface area contributed by atoms with Gasteiger partial charge >= 0.3 is 7.12 Å². The highest BCUT2D eigenvalue weighted by Crippen LogP contribution is 2.36. The Labute approximate surface area is 134 Å². The molecule has 2 rings (SSSR count). The molecule has 112 valence electrons. The Hall–Kier alpha value is -0.885. The Balaban J connectivity index is 2.45. The van der Waals surface area contributed by atoms with Gasteiger partial charge < -0.3 is 9.31 Å². The van der Waals surface area contributed by atoms with Crippen LogP contribution in [-0.2, 0) is 21.5 Å². The largest absolute Gasteiger partial charge is 0.495 e. The van der Waals surface area contributed by atoms with E-state index in [9.17, 15) is 0 Å². The lowest BCUT2D eigenvalue weighted by Gasteiger charge is -2.32. The molecule has 1 aliphatic heterocycles. The van der Waals surface area contributed by atoms with Crippen LogP contribution in [0.15, 0.2) is 12.1 Å². The molecule has 21 heavy (non-hydrogen) atoms. The van der Waals surface area contributed by atoms with E-state index in [1.165, 1.54) is 0 Å². The van der Waals surface area contributed by atoms with Crippen molar-refractivity contribution >= 4 is 25.2 Å². The van der Waals surface area contributed by atoms with Gasteiger partial charge in [0.15, 0.2) is 0 Å². The van der Waals surface area contributed by atoms with Gasteiger partial charge in [0, 0.05) is 12.2 Å². The monoisotopic (exact) mass is 302 g/mol. The number of hydrogen-bond acceptors (Lipinski definition) is 3. The molecule has 4 heteroatoms. The smallest absolute Gasteiger partial charge is 0.399 e. The predicted octanol–water partition coefficient (Wildman–Crippen LogP) is 2.90. The molecule has 0 saturated carbocycles. The zero-order valence-corrected chi connectivity index (χ0v) is 14.4. The SMILES string of the molecule is C#CCc1cc(CS)cc(B2OC(C)(C)C(C)(C)O2)c1C. The third-order valence-electron chi connectivity index (χ3n) is 4.60. The van der Waals surface area contributed by atoms with Crippen LogP contribution in [-0.4, -0.2) is 18.3 Å². The van der Waals surface area contributed by atoms with Gasteiger partial charge in [-0.25, -0.2) is 0 Å². The lowest BCUT2D eigenvalue weighted by atomic mass is 9.74. The summed E-state index contributed by atoms with van der Waals surface area (Å²) in [5.74, 6) is 3.39. The van der Waals surface area contributed by atoms with Gasteiger partial charge in [-0.1, -0.05) is 12.1 Å². The molecule has 0 radical (unpaired) electrons. The van der Waals surface area contributed by atoms with Crippen molar-refractivity contribution in [2.45, 2.75) is 58.0 Å². The number of benzene rings is 1. The summed E-state index contributed by atoms with van der Waals surface area (Å²) in [7, 11) is -0.355. The molecular formula is C17H23BO2S. The van der Waals surface area contributed by atoms with E-state index >= 15 is 0 Å². The van der Waals surface area contributed by atoms with E-state index in [1.807, 2.05) is 0 Å². The maximum Gasteiger partial charge on any atom is 0.495 e. The second-order valence-electron chi connectivity index (χ2n) is 6.60. The van der Waals surface area contributed by atoms with Crippen molar-refractivity contribution < 1.29 is 9.31 Å². The fraction of sp³-hybridized carbons (Fsp3) is 0.529. The lowest BCUT2D eigenvalue weighted by molar-refractivity contribution is 0.00578. The van der Waals surface area contributed by atoms with E-state index in [1.54, 1.807) is 0 Å². The molecule has 1 aliphatic rings. The van der Waals surface area contributed by atoms with Crippen molar-refractivity contribution in [3.63, 3.8) is 0 Å². The molecule has 0 aromatic heterocycles.